The van der Waals surface area contributed by atoms with Crippen molar-refractivity contribution in [2.45, 2.75) is 13.0 Å². The van der Waals surface area contributed by atoms with Crippen molar-refractivity contribution >= 4 is 34.5 Å². The quantitative estimate of drug-likeness (QED) is 0.447. The van der Waals surface area contributed by atoms with Gasteiger partial charge in [0, 0.05) is 37.4 Å². The van der Waals surface area contributed by atoms with Gasteiger partial charge in [-0.15, -0.1) is 0 Å². The number of aromatic carboxylic acids is 1. The summed E-state index contributed by atoms with van der Waals surface area (Å²) in [4.78, 5) is 60.1. The average molecular weight is 450 g/mol. The van der Waals surface area contributed by atoms with Crippen molar-refractivity contribution in [1.29, 1.82) is 0 Å². The van der Waals surface area contributed by atoms with Gasteiger partial charge < -0.3 is 24.6 Å². The van der Waals surface area contributed by atoms with Crippen LogP contribution in [0, 0.1) is 0 Å². The van der Waals surface area contributed by atoms with E-state index in [9.17, 15) is 24.3 Å². The second kappa shape index (κ2) is 8.73. The van der Waals surface area contributed by atoms with E-state index in [0.29, 0.717) is 5.56 Å². The maximum absolute atomic E-state index is 13.1. The first-order valence-electron chi connectivity index (χ1n) is 10.3. The van der Waals surface area contributed by atoms with Gasteiger partial charge in [-0.1, -0.05) is 18.2 Å². The van der Waals surface area contributed by atoms with Gasteiger partial charge in [0.25, 0.3) is 17.6 Å². The zero-order chi connectivity index (χ0) is 23.7. The number of carbonyl (C=O) groups excluding carboxylic acids is 3. The Morgan fingerprint density at radius 3 is 2.52 bits per heavy atom. The number of ketones is 1. The van der Waals surface area contributed by atoms with Crippen LogP contribution in [0.5, 0.6) is 5.75 Å². The van der Waals surface area contributed by atoms with Gasteiger partial charge in [0.05, 0.1) is 29.8 Å². The van der Waals surface area contributed by atoms with E-state index in [-0.39, 0.29) is 59.5 Å². The normalized spacial score (nSPS) is 16.0. The van der Waals surface area contributed by atoms with Crippen molar-refractivity contribution in [1.82, 2.24) is 19.8 Å². The highest BCUT2D eigenvalue weighted by Crippen LogP contribution is 2.30. The summed E-state index contributed by atoms with van der Waals surface area (Å²) in [6.45, 7) is 2.52. The summed E-state index contributed by atoms with van der Waals surface area (Å²) in [5.74, 6) is -2.75. The first-order valence-corrected chi connectivity index (χ1v) is 10.3. The third kappa shape index (κ3) is 3.91. The number of Topliss-reactive ketones (excluding diaryl/α,β-unsaturated/α-hetero) is 1. The number of rotatable bonds is 5. The van der Waals surface area contributed by atoms with E-state index in [1.54, 1.807) is 29.2 Å². The van der Waals surface area contributed by atoms with Gasteiger partial charge in [-0.05, 0) is 19.1 Å². The summed E-state index contributed by atoms with van der Waals surface area (Å²) in [6.07, 6.45) is 2.50. The Balaban J connectivity index is 1.56. The van der Waals surface area contributed by atoms with Crippen molar-refractivity contribution in [2.24, 2.45) is 0 Å². The number of piperazine rings is 1. The number of amides is 2. The van der Waals surface area contributed by atoms with Gasteiger partial charge in [-0.2, -0.15) is 0 Å². The molecule has 10 nitrogen and oxygen atoms in total. The van der Waals surface area contributed by atoms with Crippen molar-refractivity contribution in [2.75, 3.05) is 26.7 Å². The molecule has 1 saturated heterocycles. The number of aromatic nitrogens is 2. The van der Waals surface area contributed by atoms with E-state index < -0.39 is 17.7 Å². The Hall–Kier alpha value is -4.21. The highest BCUT2D eigenvalue weighted by Gasteiger charge is 2.34. The van der Waals surface area contributed by atoms with Crippen molar-refractivity contribution in [3.05, 3.63) is 59.5 Å². The standard InChI is InChI=1S/C23H22N4O6/c1-13-12-26(8-9-27(13)21(29)14-6-4-3-5-7-14)22(30)20(28)15-10-24-18-17(15)16(33-2)11-25-19(18)23(31)32/h3-7,10-11,13,24H,8-9,12H2,1-2H3,(H,31,32)/t13-/m1/s1. The molecule has 2 amide bonds. The molecule has 3 heterocycles. The summed E-state index contributed by atoms with van der Waals surface area (Å²) in [7, 11) is 1.37. The van der Waals surface area contributed by atoms with Crippen LogP contribution in [0.2, 0.25) is 0 Å². The molecule has 10 heteroatoms. The summed E-state index contributed by atoms with van der Waals surface area (Å²) in [5, 5.41) is 9.56. The minimum atomic E-state index is -1.28. The average Bonchev–Trinajstić information content (AvgIpc) is 3.27. The number of carboxylic acid groups (broad SMARTS) is 1. The van der Waals surface area contributed by atoms with Crippen LogP contribution in [-0.4, -0.2) is 81.2 Å². The van der Waals surface area contributed by atoms with Crippen LogP contribution >= 0.6 is 0 Å². The number of fused-ring (bicyclic) bond motifs is 1. The zero-order valence-electron chi connectivity index (χ0n) is 18.1. The predicted octanol–water partition coefficient (Wildman–Crippen LogP) is 1.83. The molecule has 0 aliphatic carbocycles. The molecule has 0 spiro atoms. The number of pyridine rings is 1. The number of hydrogen-bond acceptors (Lipinski definition) is 6. The first kappa shape index (κ1) is 22.0. The van der Waals surface area contributed by atoms with Gasteiger partial charge >= 0.3 is 5.97 Å². The second-order valence-electron chi connectivity index (χ2n) is 7.73. The molecule has 1 aromatic carbocycles. The fraction of sp³-hybridized carbons (Fsp3) is 0.261. The predicted molar refractivity (Wildman–Crippen MR) is 117 cm³/mol. The van der Waals surface area contributed by atoms with Gasteiger partial charge in [-0.25, -0.2) is 9.78 Å². The highest BCUT2D eigenvalue weighted by molar-refractivity contribution is 6.45. The van der Waals surface area contributed by atoms with Gasteiger partial charge in [0.2, 0.25) is 0 Å². The number of ether oxygens (including phenoxy) is 1. The number of H-pyrrole nitrogens is 1. The summed E-state index contributed by atoms with van der Waals surface area (Å²) in [5.41, 5.74) is 0.393. The molecule has 33 heavy (non-hydrogen) atoms. The summed E-state index contributed by atoms with van der Waals surface area (Å²) in [6, 6.07) is 8.59. The fourth-order valence-electron chi connectivity index (χ4n) is 4.06. The molecular weight excluding hydrogens is 428 g/mol. The Bertz CT molecular complexity index is 1250. The molecule has 0 unspecified atom stereocenters. The second-order valence-corrected chi connectivity index (χ2v) is 7.73. The van der Waals surface area contributed by atoms with Crippen molar-refractivity contribution < 1.29 is 29.0 Å². The molecule has 0 bridgehead atoms. The molecule has 0 saturated carbocycles. The van der Waals surface area contributed by atoms with E-state index in [4.69, 9.17) is 4.74 Å². The van der Waals surface area contributed by atoms with E-state index in [1.165, 1.54) is 24.4 Å². The number of benzene rings is 1. The largest absolute Gasteiger partial charge is 0.494 e. The third-order valence-electron chi connectivity index (χ3n) is 5.73. The first-order chi connectivity index (χ1) is 15.8. The SMILES string of the molecule is COc1cnc(C(=O)O)c2[nH]cc(C(=O)C(=O)N3CCN(C(=O)c4ccccc4)[C@H](C)C3)c12. The van der Waals surface area contributed by atoms with Crippen LogP contribution in [0.15, 0.2) is 42.7 Å². The molecule has 1 fully saturated rings. The lowest BCUT2D eigenvalue weighted by Crippen LogP contribution is -2.56. The van der Waals surface area contributed by atoms with Gasteiger partial charge in [0.15, 0.2) is 5.69 Å². The monoisotopic (exact) mass is 450 g/mol. The molecular formula is C23H22N4O6. The number of aromatic amines is 1. The fourth-order valence-corrected chi connectivity index (χ4v) is 4.06. The Kier molecular flexibility index (Phi) is 5.82. The number of carbonyl (C=O) groups is 4. The lowest BCUT2D eigenvalue weighted by Gasteiger charge is -2.39. The number of nitrogens with one attached hydrogen (secondary N) is 1. The molecule has 3 aromatic rings. The van der Waals surface area contributed by atoms with Gasteiger partial charge in [0.1, 0.15) is 5.75 Å². The molecule has 1 aliphatic rings. The molecule has 4 rings (SSSR count). The van der Waals surface area contributed by atoms with Crippen LogP contribution in [0.1, 0.15) is 38.1 Å². The highest BCUT2D eigenvalue weighted by atomic mass is 16.5. The zero-order valence-corrected chi connectivity index (χ0v) is 18.1. The molecule has 2 aromatic heterocycles. The molecule has 2 N–H and O–H groups in total. The molecule has 1 aliphatic heterocycles. The Labute approximate surface area is 188 Å². The third-order valence-corrected chi connectivity index (χ3v) is 5.73. The smallest absolute Gasteiger partial charge is 0.356 e. The summed E-state index contributed by atoms with van der Waals surface area (Å²) >= 11 is 0. The van der Waals surface area contributed by atoms with Crippen LogP contribution in [0.25, 0.3) is 10.9 Å². The number of methoxy groups -OCH3 is 1. The topological polar surface area (TPSA) is 133 Å². The van der Waals surface area contributed by atoms with E-state index >= 15 is 0 Å². The van der Waals surface area contributed by atoms with Crippen molar-refractivity contribution in [3.8, 4) is 5.75 Å². The van der Waals surface area contributed by atoms with E-state index in [0.717, 1.165) is 0 Å². The minimum Gasteiger partial charge on any atom is -0.494 e. The van der Waals surface area contributed by atoms with E-state index in [1.807, 2.05) is 13.0 Å². The van der Waals surface area contributed by atoms with Crippen LogP contribution < -0.4 is 4.74 Å². The van der Waals surface area contributed by atoms with Crippen LogP contribution in [0.3, 0.4) is 0 Å². The lowest BCUT2D eigenvalue weighted by atomic mass is 10.1. The van der Waals surface area contributed by atoms with E-state index in [2.05, 4.69) is 9.97 Å². The van der Waals surface area contributed by atoms with Crippen molar-refractivity contribution in [3.63, 3.8) is 0 Å². The van der Waals surface area contributed by atoms with Gasteiger partial charge in [-0.3, -0.25) is 14.4 Å². The molecule has 1 atom stereocenters. The number of nitrogens with zero attached hydrogens (tertiary/aromatic N) is 3. The summed E-state index contributed by atoms with van der Waals surface area (Å²) < 4.78 is 5.24. The molecule has 170 valence electrons. The molecule has 0 radical (unpaired) electrons. The Morgan fingerprint density at radius 2 is 1.88 bits per heavy atom. The Morgan fingerprint density at radius 1 is 1.15 bits per heavy atom. The maximum Gasteiger partial charge on any atom is 0.356 e. The minimum absolute atomic E-state index is 0.00666. The maximum atomic E-state index is 13.1. The number of carboxylic acids is 1. The number of hydrogen-bond donors (Lipinski definition) is 2. The lowest BCUT2D eigenvalue weighted by molar-refractivity contribution is -0.128. The van der Waals surface area contributed by atoms with Crippen LogP contribution in [0.4, 0.5) is 0 Å². The van der Waals surface area contributed by atoms with Crippen LogP contribution in [-0.2, 0) is 4.79 Å².